The lowest BCUT2D eigenvalue weighted by molar-refractivity contribution is 0.298. The molecule has 2 nitrogen and oxygen atoms in total. The molecule has 2 aromatic rings. The molecule has 0 bridgehead atoms. The summed E-state index contributed by atoms with van der Waals surface area (Å²) in [5, 5.41) is 0.430. The summed E-state index contributed by atoms with van der Waals surface area (Å²) in [4.78, 5) is 0.136. The summed E-state index contributed by atoms with van der Waals surface area (Å²) < 4.78 is 32.0. The third-order valence-electron chi connectivity index (χ3n) is 2.60. The van der Waals surface area contributed by atoms with Crippen LogP contribution in [0.5, 0.6) is 5.75 Å². The maximum atomic E-state index is 13.5. The Morgan fingerprint density at radius 2 is 1.95 bits per heavy atom. The molecule has 2 rings (SSSR count). The van der Waals surface area contributed by atoms with Gasteiger partial charge in [0.25, 0.3) is 0 Å². The van der Waals surface area contributed by atoms with Gasteiger partial charge in [-0.1, -0.05) is 23.8 Å². The highest BCUT2D eigenvalue weighted by Crippen LogP contribution is 2.25. The maximum absolute atomic E-state index is 13.5. The van der Waals surface area contributed by atoms with Crippen LogP contribution in [0.3, 0.4) is 0 Å². The minimum Gasteiger partial charge on any atom is -0.488 e. The van der Waals surface area contributed by atoms with Crippen LogP contribution in [0.2, 0.25) is 5.02 Å². The monoisotopic (exact) mass is 313 g/mol. The topological polar surface area (TPSA) is 35.2 Å². The van der Waals surface area contributed by atoms with Crippen molar-refractivity contribution in [3.63, 3.8) is 0 Å². The zero-order chi connectivity index (χ0) is 14.7. The van der Waals surface area contributed by atoms with E-state index in [-0.39, 0.29) is 17.2 Å². The minimum absolute atomic E-state index is 0.0962. The van der Waals surface area contributed by atoms with Gasteiger partial charge in [0, 0.05) is 10.6 Å². The smallest absolute Gasteiger partial charge is 0.131 e. The van der Waals surface area contributed by atoms with Gasteiger partial charge in [0.05, 0.1) is 5.56 Å². The lowest BCUT2D eigenvalue weighted by atomic mass is 10.2. The van der Waals surface area contributed by atoms with Crippen LogP contribution in [0.15, 0.2) is 36.4 Å². The van der Waals surface area contributed by atoms with Gasteiger partial charge in [0.1, 0.15) is 29.0 Å². The van der Waals surface area contributed by atoms with Gasteiger partial charge in [-0.2, -0.15) is 0 Å². The van der Waals surface area contributed by atoms with Crippen LogP contribution >= 0.6 is 23.8 Å². The van der Waals surface area contributed by atoms with Gasteiger partial charge < -0.3 is 10.5 Å². The van der Waals surface area contributed by atoms with E-state index < -0.39 is 11.6 Å². The fourth-order valence-electron chi connectivity index (χ4n) is 1.63. The van der Waals surface area contributed by atoms with Crippen LogP contribution in [0.1, 0.15) is 11.1 Å². The highest BCUT2D eigenvalue weighted by molar-refractivity contribution is 7.80. The average Bonchev–Trinajstić information content (AvgIpc) is 2.39. The van der Waals surface area contributed by atoms with Gasteiger partial charge in [-0.15, -0.1) is 0 Å². The van der Waals surface area contributed by atoms with Crippen molar-refractivity contribution in [2.24, 2.45) is 5.73 Å². The summed E-state index contributed by atoms with van der Waals surface area (Å²) in [5.74, 6) is -0.760. The molecule has 2 aromatic carbocycles. The summed E-state index contributed by atoms with van der Waals surface area (Å²) in [5.41, 5.74) is 6.15. The van der Waals surface area contributed by atoms with E-state index in [1.54, 1.807) is 12.1 Å². The molecule has 0 radical (unpaired) electrons. The molecule has 6 heteroatoms. The molecule has 0 spiro atoms. The molecule has 0 unspecified atom stereocenters. The lowest BCUT2D eigenvalue weighted by Crippen LogP contribution is -2.12. The standard InChI is InChI=1S/C14H10ClF2NOS/c15-9-1-3-11(14(18)20)13(6-9)19-7-8-5-10(16)2-4-12(8)17/h1-6H,7H2,(H2,18,20). The van der Waals surface area contributed by atoms with Crippen molar-refractivity contribution in [1.82, 2.24) is 0 Å². The summed E-state index contributed by atoms with van der Waals surface area (Å²) in [6.45, 7) is -0.153. The molecule has 0 amide bonds. The number of nitrogens with two attached hydrogens (primary N) is 1. The minimum atomic E-state index is -0.551. The van der Waals surface area contributed by atoms with E-state index >= 15 is 0 Å². The van der Waals surface area contributed by atoms with Crippen molar-refractivity contribution in [3.05, 3.63) is 64.2 Å². The largest absolute Gasteiger partial charge is 0.488 e. The molecule has 0 aliphatic rings. The Bertz CT molecular complexity index is 664. The van der Waals surface area contributed by atoms with Gasteiger partial charge in [-0.05, 0) is 36.4 Å². The zero-order valence-electron chi connectivity index (χ0n) is 10.2. The molecule has 0 saturated carbocycles. The third-order valence-corrected chi connectivity index (χ3v) is 3.06. The van der Waals surface area contributed by atoms with Crippen LogP contribution < -0.4 is 10.5 Å². The van der Waals surface area contributed by atoms with E-state index in [4.69, 9.17) is 34.3 Å². The van der Waals surface area contributed by atoms with E-state index in [1.807, 2.05) is 0 Å². The molecule has 0 fully saturated rings. The molecule has 0 saturated heterocycles. The summed E-state index contributed by atoms with van der Waals surface area (Å²) >= 11 is 10.8. The van der Waals surface area contributed by atoms with Gasteiger partial charge >= 0.3 is 0 Å². The van der Waals surface area contributed by atoms with E-state index in [1.165, 1.54) is 6.07 Å². The SMILES string of the molecule is NC(=S)c1ccc(Cl)cc1OCc1cc(F)ccc1F. The molecule has 0 aliphatic heterocycles. The van der Waals surface area contributed by atoms with Crippen molar-refractivity contribution < 1.29 is 13.5 Å². The van der Waals surface area contributed by atoms with E-state index in [2.05, 4.69) is 0 Å². The average molecular weight is 314 g/mol. The molecule has 2 N–H and O–H groups in total. The Balaban J connectivity index is 2.24. The Hall–Kier alpha value is -1.72. The van der Waals surface area contributed by atoms with Crippen molar-refractivity contribution in [2.75, 3.05) is 0 Å². The molecular weight excluding hydrogens is 304 g/mol. The van der Waals surface area contributed by atoms with Gasteiger partial charge in [0.2, 0.25) is 0 Å². The number of rotatable bonds is 4. The van der Waals surface area contributed by atoms with Crippen molar-refractivity contribution >= 4 is 28.8 Å². The first-order chi connectivity index (χ1) is 9.47. The molecule has 0 aliphatic carbocycles. The van der Waals surface area contributed by atoms with Crippen LogP contribution in [0, 0.1) is 11.6 Å². The molecule has 104 valence electrons. The van der Waals surface area contributed by atoms with Gasteiger partial charge in [0.15, 0.2) is 0 Å². The van der Waals surface area contributed by atoms with Crippen LogP contribution in [0.25, 0.3) is 0 Å². The Kier molecular flexibility index (Phi) is 4.52. The number of halogens is 3. The quantitative estimate of drug-likeness (QED) is 0.871. The second-order valence-corrected chi connectivity index (χ2v) is 4.91. The normalized spacial score (nSPS) is 10.3. The first-order valence-corrected chi connectivity index (χ1v) is 6.42. The number of thiocarbonyl (C=S) groups is 1. The molecule has 20 heavy (non-hydrogen) atoms. The summed E-state index contributed by atoms with van der Waals surface area (Å²) in [6, 6.07) is 7.90. The number of hydrogen-bond acceptors (Lipinski definition) is 2. The third kappa shape index (κ3) is 3.43. The maximum Gasteiger partial charge on any atom is 0.131 e. The van der Waals surface area contributed by atoms with Crippen LogP contribution in [-0.2, 0) is 6.61 Å². The molecule has 0 aromatic heterocycles. The fourth-order valence-corrected chi connectivity index (χ4v) is 1.96. The Morgan fingerprint density at radius 1 is 1.20 bits per heavy atom. The highest BCUT2D eigenvalue weighted by atomic mass is 35.5. The first kappa shape index (κ1) is 14.7. The van der Waals surface area contributed by atoms with E-state index in [0.29, 0.717) is 16.3 Å². The fraction of sp³-hybridized carbons (Fsp3) is 0.0714. The first-order valence-electron chi connectivity index (χ1n) is 5.63. The number of hydrogen-bond donors (Lipinski definition) is 1. The van der Waals surface area contributed by atoms with Gasteiger partial charge in [-0.25, -0.2) is 8.78 Å². The highest BCUT2D eigenvalue weighted by Gasteiger charge is 2.10. The van der Waals surface area contributed by atoms with Crippen molar-refractivity contribution in [3.8, 4) is 5.75 Å². The second-order valence-electron chi connectivity index (χ2n) is 4.03. The Morgan fingerprint density at radius 3 is 2.65 bits per heavy atom. The lowest BCUT2D eigenvalue weighted by Gasteiger charge is -2.11. The molecule has 0 atom stereocenters. The van der Waals surface area contributed by atoms with Crippen LogP contribution in [-0.4, -0.2) is 4.99 Å². The number of benzene rings is 2. The van der Waals surface area contributed by atoms with Gasteiger partial charge in [-0.3, -0.25) is 0 Å². The summed E-state index contributed by atoms with van der Waals surface area (Å²) in [6.07, 6.45) is 0. The summed E-state index contributed by atoms with van der Waals surface area (Å²) in [7, 11) is 0. The second kappa shape index (κ2) is 6.15. The zero-order valence-corrected chi connectivity index (χ0v) is 11.8. The van der Waals surface area contributed by atoms with Crippen LogP contribution in [0.4, 0.5) is 8.78 Å². The van der Waals surface area contributed by atoms with E-state index in [0.717, 1.165) is 18.2 Å². The van der Waals surface area contributed by atoms with Crippen molar-refractivity contribution in [1.29, 1.82) is 0 Å². The van der Waals surface area contributed by atoms with E-state index in [9.17, 15) is 8.78 Å². The van der Waals surface area contributed by atoms with Crippen molar-refractivity contribution in [2.45, 2.75) is 6.61 Å². The predicted octanol–water partition coefficient (Wildman–Crippen LogP) is 3.83. The Labute approximate surface area is 125 Å². The number of ether oxygens (including phenoxy) is 1. The molecule has 0 heterocycles. The molecular formula is C14H10ClF2NOS. The predicted molar refractivity (Wildman–Crippen MR) is 78.0 cm³/mol.